The van der Waals surface area contributed by atoms with Crippen LogP contribution in [0.1, 0.15) is 26.7 Å². The van der Waals surface area contributed by atoms with Gasteiger partial charge < -0.3 is 24.5 Å². The Morgan fingerprint density at radius 2 is 1.87 bits per heavy atom. The van der Waals surface area contributed by atoms with E-state index in [0.717, 1.165) is 24.5 Å². The van der Waals surface area contributed by atoms with Crippen LogP contribution < -0.4 is 9.80 Å². The number of benzene rings is 1. The first kappa shape index (κ1) is 29.7. The summed E-state index contributed by atoms with van der Waals surface area (Å²) in [6, 6.07) is 7.09. The number of alkyl halides is 1. The number of aliphatic hydroxyl groups excluding tert-OH is 1. The summed E-state index contributed by atoms with van der Waals surface area (Å²) in [5, 5.41) is 9.41. The fourth-order valence-electron chi connectivity index (χ4n) is 6.43. The Hall–Kier alpha value is -2.30. The van der Waals surface area contributed by atoms with E-state index in [1.165, 1.54) is 6.08 Å². The highest BCUT2D eigenvalue weighted by atomic mass is 79.9. The zero-order valence-electron chi connectivity index (χ0n) is 22.6. The Morgan fingerprint density at radius 3 is 2.46 bits per heavy atom. The summed E-state index contributed by atoms with van der Waals surface area (Å²) >= 11 is 5.33. The number of nitrogens with zero attached hydrogens (tertiary/aromatic N) is 3. The molecule has 1 N–H and O–H groups in total. The lowest BCUT2D eigenvalue weighted by atomic mass is 9.71. The number of likely N-dealkylation sites (tertiary alicyclic amines) is 1. The SMILES string of the molecule is C=CCOC(=O)[C@H]1[C@H]2C(=O)N(CCCO)C(C(=O)N(CC=C)c3ccc(N(CC)CC)cc3)C23CC(Br)[C@@H]1S3. The summed E-state index contributed by atoms with van der Waals surface area (Å²) in [6.45, 7) is 13.9. The molecule has 0 aliphatic carbocycles. The number of halogens is 1. The smallest absolute Gasteiger partial charge is 0.311 e. The van der Waals surface area contributed by atoms with E-state index < -0.39 is 28.6 Å². The molecule has 2 amide bonds. The van der Waals surface area contributed by atoms with Crippen molar-refractivity contribution in [3.05, 3.63) is 49.6 Å². The van der Waals surface area contributed by atoms with Crippen LogP contribution in [0.25, 0.3) is 0 Å². The Kier molecular flexibility index (Phi) is 9.49. The highest BCUT2D eigenvalue weighted by Crippen LogP contribution is 2.68. The molecule has 1 aromatic carbocycles. The van der Waals surface area contributed by atoms with Crippen molar-refractivity contribution in [1.29, 1.82) is 0 Å². The van der Waals surface area contributed by atoms with E-state index in [0.29, 0.717) is 12.8 Å². The minimum absolute atomic E-state index is 0.0397. The van der Waals surface area contributed by atoms with Crippen molar-refractivity contribution in [2.24, 2.45) is 11.8 Å². The van der Waals surface area contributed by atoms with Crippen molar-refractivity contribution in [3.8, 4) is 0 Å². The van der Waals surface area contributed by atoms with Crippen LogP contribution in [0, 0.1) is 11.8 Å². The minimum Gasteiger partial charge on any atom is -0.461 e. The van der Waals surface area contributed by atoms with Gasteiger partial charge in [0.1, 0.15) is 12.6 Å². The molecule has 1 aromatic rings. The molecular formula is C29H38BrN3O5S. The molecule has 1 spiro atoms. The molecule has 0 aromatic heterocycles. The summed E-state index contributed by atoms with van der Waals surface area (Å²) in [6.07, 6.45) is 4.12. The number of rotatable bonds is 13. The molecule has 4 rings (SSSR count). The third kappa shape index (κ3) is 5.15. The second-order valence-corrected chi connectivity index (χ2v) is 12.8. The van der Waals surface area contributed by atoms with Crippen LogP contribution >= 0.6 is 27.7 Å². The van der Waals surface area contributed by atoms with E-state index in [4.69, 9.17) is 4.74 Å². The number of carbonyl (C=O) groups is 3. The minimum atomic E-state index is -0.781. The Balaban J connectivity index is 1.73. The van der Waals surface area contributed by atoms with Crippen molar-refractivity contribution in [1.82, 2.24) is 4.90 Å². The number of aliphatic hydroxyl groups is 1. The lowest BCUT2D eigenvalue weighted by molar-refractivity contribution is -0.153. The molecule has 3 unspecified atom stereocenters. The third-order valence-corrected chi connectivity index (χ3v) is 11.3. The first-order valence-electron chi connectivity index (χ1n) is 13.6. The van der Waals surface area contributed by atoms with Crippen molar-refractivity contribution in [3.63, 3.8) is 0 Å². The van der Waals surface area contributed by atoms with Gasteiger partial charge in [0, 0.05) is 54.2 Å². The first-order chi connectivity index (χ1) is 18.8. The van der Waals surface area contributed by atoms with Gasteiger partial charge in [-0.05, 0) is 51.0 Å². The van der Waals surface area contributed by atoms with Gasteiger partial charge in [-0.1, -0.05) is 34.7 Å². The molecule has 3 aliphatic rings. The Labute approximate surface area is 243 Å². The molecule has 3 aliphatic heterocycles. The zero-order chi connectivity index (χ0) is 28.3. The maximum Gasteiger partial charge on any atom is 0.311 e. The van der Waals surface area contributed by atoms with Crippen LogP contribution in [-0.4, -0.2) is 88.0 Å². The molecule has 3 fully saturated rings. The topological polar surface area (TPSA) is 90.4 Å². The van der Waals surface area contributed by atoms with Crippen LogP contribution in [0.5, 0.6) is 0 Å². The van der Waals surface area contributed by atoms with Crippen LogP contribution in [0.2, 0.25) is 0 Å². The summed E-state index contributed by atoms with van der Waals surface area (Å²) in [5.74, 6) is -2.17. The molecule has 8 nitrogen and oxygen atoms in total. The monoisotopic (exact) mass is 619 g/mol. The van der Waals surface area contributed by atoms with Crippen molar-refractivity contribution in [2.75, 3.05) is 49.2 Å². The molecule has 3 heterocycles. The fourth-order valence-corrected chi connectivity index (χ4v) is 10.0. The normalized spacial score (nSPS) is 28.8. The largest absolute Gasteiger partial charge is 0.461 e. The first-order valence-corrected chi connectivity index (χ1v) is 15.4. The predicted molar refractivity (Wildman–Crippen MR) is 159 cm³/mol. The van der Waals surface area contributed by atoms with Crippen LogP contribution in [-0.2, 0) is 19.1 Å². The molecule has 10 heteroatoms. The average Bonchev–Trinajstić information content (AvgIpc) is 3.53. The van der Waals surface area contributed by atoms with Crippen LogP contribution in [0.4, 0.5) is 11.4 Å². The highest BCUT2D eigenvalue weighted by Gasteiger charge is 2.76. The van der Waals surface area contributed by atoms with E-state index >= 15 is 0 Å². The summed E-state index contributed by atoms with van der Waals surface area (Å²) in [4.78, 5) is 47.2. The standard InChI is InChI=1S/C29H38BrN3O5S/c1-5-14-32(20-12-10-19(11-13-20)31(7-3)8-4)27(36)25-29-18-21(30)24(39-29)22(28(37)38-17-6-2)23(29)26(35)33(25)15-9-16-34/h5-6,10-13,21-25,34H,1-2,7-9,14-18H2,3-4H3/t21?,22-,23-,24-,25?,29?/m0/s1. The fraction of sp³-hybridized carbons (Fsp3) is 0.552. The molecule has 0 saturated carbocycles. The Morgan fingerprint density at radius 1 is 1.21 bits per heavy atom. The summed E-state index contributed by atoms with van der Waals surface area (Å²) in [7, 11) is 0. The lowest BCUT2D eigenvalue weighted by Crippen LogP contribution is -2.55. The van der Waals surface area contributed by atoms with Gasteiger partial charge >= 0.3 is 5.97 Å². The molecular weight excluding hydrogens is 582 g/mol. The van der Waals surface area contributed by atoms with E-state index in [1.54, 1.807) is 27.6 Å². The quantitative estimate of drug-likeness (QED) is 0.205. The van der Waals surface area contributed by atoms with Gasteiger partial charge in [-0.2, -0.15) is 0 Å². The van der Waals surface area contributed by atoms with E-state index in [-0.39, 0.29) is 48.2 Å². The second-order valence-electron chi connectivity index (χ2n) is 10.1. The van der Waals surface area contributed by atoms with Crippen molar-refractivity contribution in [2.45, 2.75) is 47.6 Å². The van der Waals surface area contributed by atoms with Crippen molar-refractivity contribution >= 4 is 56.9 Å². The number of ether oxygens (including phenoxy) is 1. The number of carbonyl (C=O) groups excluding carboxylic acids is 3. The van der Waals surface area contributed by atoms with Gasteiger partial charge in [-0.25, -0.2) is 0 Å². The highest BCUT2D eigenvalue weighted by molar-refractivity contribution is 9.09. The summed E-state index contributed by atoms with van der Waals surface area (Å²) < 4.78 is 4.65. The number of thioether (sulfide) groups is 1. The number of esters is 1. The number of hydrogen-bond acceptors (Lipinski definition) is 7. The van der Waals surface area contributed by atoms with Gasteiger partial charge in [0.25, 0.3) is 5.91 Å². The van der Waals surface area contributed by atoms with Gasteiger partial charge in [0.15, 0.2) is 0 Å². The van der Waals surface area contributed by atoms with E-state index in [2.05, 4.69) is 47.8 Å². The maximum atomic E-state index is 14.5. The number of hydrogen-bond donors (Lipinski definition) is 1. The van der Waals surface area contributed by atoms with Crippen LogP contribution in [0.3, 0.4) is 0 Å². The zero-order valence-corrected chi connectivity index (χ0v) is 25.0. The molecule has 6 atom stereocenters. The number of anilines is 2. The van der Waals surface area contributed by atoms with E-state index in [1.807, 2.05) is 24.3 Å². The third-order valence-electron chi connectivity index (χ3n) is 8.06. The molecule has 2 bridgehead atoms. The predicted octanol–water partition coefficient (Wildman–Crippen LogP) is 3.63. The lowest BCUT2D eigenvalue weighted by Gasteiger charge is -2.38. The van der Waals surface area contributed by atoms with Gasteiger partial charge in [0.2, 0.25) is 5.91 Å². The second kappa shape index (κ2) is 12.5. The number of fused-ring (bicyclic) bond motifs is 1. The van der Waals surface area contributed by atoms with Crippen molar-refractivity contribution < 1.29 is 24.2 Å². The average molecular weight is 621 g/mol. The van der Waals surface area contributed by atoms with Gasteiger partial charge in [0.05, 0.1) is 16.6 Å². The summed E-state index contributed by atoms with van der Waals surface area (Å²) in [5.41, 5.74) is 1.79. The maximum absolute atomic E-state index is 14.5. The molecule has 212 valence electrons. The van der Waals surface area contributed by atoms with Crippen LogP contribution in [0.15, 0.2) is 49.6 Å². The molecule has 3 saturated heterocycles. The van der Waals surface area contributed by atoms with Gasteiger partial charge in [-0.3, -0.25) is 14.4 Å². The van der Waals surface area contributed by atoms with Gasteiger partial charge in [-0.15, -0.1) is 18.3 Å². The molecule has 39 heavy (non-hydrogen) atoms. The van der Waals surface area contributed by atoms with E-state index in [9.17, 15) is 19.5 Å². The number of amides is 2. The Bertz CT molecular complexity index is 1100. The molecule has 0 radical (unpaired) electrons.